The van der Waals surface area contributed by atoms with E-state index in [0.29, 0.717) is 23.4 Å². The molecule has 0 amide bonds. The van der Waals surface area contributed by atoms with E-state index in [1.807, 2.05) is 19.9 Å². The molecule has 3 saturated carbocycles. The monoisotopic (exact) mass is 372 g/mol. The van der Waals surface area contributed by atoms with Gasteiger partial charge in [-0.2, -0.15) is 0 Å². The lowest BCUT2D eigenvalue weighted by Crippen LogP contribution is -2.51. The van der Waals surface area contributed by atoms with Gasteiger partial charge in [-0.25, -0.2) is 0 Å². The molecule has 0 bridgehead atoms. The zero-order chi connectivity index (χ0) is 19.4. The molecule has 0 heterocycles. The van der Waals surface area contributed by atoms with Crippen LogP contribution in [0, 0.1) is 34.5 Å². The summed E-state index contributed by atoms with van der Waals surface area (Å²) in [7, 11) is 0. The maximum absolute atomic E-state index is 12.9. The van der Waals surface area contributed by atoms with Crippen LogP contribution in [0.5, 0.6) is 0 Å². The first kappa shape index (κ1) is 19.4. The highest BCUT2D eigenvalue weighted by molar-refractivity contribution is 5.91. The van der Waals surface area contributed by atoms with Crippen LogP contribution in [0.3, 0.4) is 0 Å². The Balaban J connectivity index is 1.55. The van der Waals surface area contributed by atoms with Crippen molar-refractivity contribution in [2.45, 2.75) is 85.2 Å². The first-order valence-electron chi connectivity index (χ1n) is 11.1. The third kappa shape index (κ3) is 3.05. The van der Waals surface area contributed by atoms with Crippen molar-refractivity contribution >= 4 is 11.6 Å². The Kier molecular flexibility index (Phi) is 4.90. The molecule has 0 spiro atoms. The highest BCUT2D eigenvalue weighted by Crippen LogP contribution is 2.66. The van der Waals surface area contributed by atoms with E-state index in [1.165, 1.54) is 24.8 Å². The van der Waals surface area contributed by atoms with Crippen LogP contribution in [0.4, 0.5) is 0 Å². The molecule has 4 aliphatic rings. The van der Waals surface area contributed by atoms with Crippen LogP contribution >= 0.6 is 0 Å². The molecule has 0 N–H and O–H groups in total. The fraction of sp³-hybridized carbons (Fsp3) is 0.833. The fourth-order valence-corrected chi connectivity index (χ4v) is 7.44. The smallest absolute Gasteiger partial charge is 0.162 e. The van der Waals surface area contributed by atoms with E-state index in [2.05, 4.69) is 13.8 Å². The van der Waals surface area contributed by atoms with E-state index < -0.39 is 0 Å². The van der Waals surface area contributed by atoms with Gasteiger partial charge in [-0.3, -0.25) is 9.59 Å². The van der Waals surface area contributed by atoms with Crippen molar-refractivity contribution in [3.8, 4) is 0 Å². The van der Waals surface area contributed by atoms with Gasteiger partial charge in [0.25, 0.3) is 0 Å². The molecular formula is C24H36O3. The predicted octanol–water partition coefficient (Wildman–Crippen LogP) is 5.13. The van der Waals surface area contributed by atoms with Crippen LogP contribution in [0.15, 0.2) is 11.6 Å². The molecule has 150 valence electrons. The van der Waals surface area contributed by atoms with E-state index in [1.54, 1.807) is 0 Å². The molecule has 3 heteroatoms. The van der Waals surface area contributed by atoms with Crippen molar-refractivity contribution in [3.63, 3.8) is 0 Å². The van der Waals surface area contributed by atoms with E-state index >= 15 is 0 Å². The Morgan fingerprint density at radius 2 is 1.89 bits per heavy atom. The van der Waals surface area contributed by atoms with Gasteiger partial charge in [-0.05, 0) is 93.5 Å². The molecule has 0 aliphatic heterocycles. The molecule has 0 radical (unpaired) electrons. The number of rotatable bonds is 4. The lowest BCUT2D eigenvalue weighted by Gasteiger charge is -2.58. The number of carbonyl (C=O) groups excluding carboxylic acids is 2. The number of allylic oxidation sites excluding steroid dienone is 1. The van der Waals surface area contributed by atoms with Gasteiger partial charge in [0.2, 0.25) is 0 Å². The van der Waals surface area contributed by atoms with Gasteiger partial charge in [0, 0.05) is 12.3 Å². The van der Waals surface area contributed by atoms with Crippen molar-refractivity contribution in [2.75, 3.05) is 6.61 Å². The Bertz CT molecular complexity index is 663. The molecule has 0 aromatic heterocycles. The van der Waals surface area contributed by atoms with Crippen molar-refractivity contribution in [3.05, 3.63) is 11.6 Å². The number of hydrogen-bond acceptors (Lipinski definition) is 3. The van der Waals surface area contributed by atoms with E-state index in [-0.39, 0.29) is 29.5 Å². The summed E-state index contributed by atoms with van der Waals surface area (Å²) in [6.07, 6.45) is 10.8. The molecular weight excluding hydrogens is 336 g/mol. The molecule has 4 aliphatic carbocycles. The van der Waals surface area contributed by atoms with E-state index in [9.17, 15) is 9.59 Å². The number of ketones is 2. The summed E-state index contributed by atoms with van der Waals surface area (Å²) >= 11 is 0. The van der Waals surface area contributed by atoms with Crippen molar-refractivity contribution in [2.24, 2.45) is 34.5 Å². The maximum Gasteiger partial charge on any atom is 0.162 e. The zero-order valence-electron chi connectivity index (χ0n) is 17.6. The zero-order valence-corrected chi connectivity index (χ0v) is 17.6. The van der Waals surface area contributed by atoms with Gasteiger partial charge in [-0.15, -0.1) is 0 Å². The highest BCUT2D eigenvalue weighted by Gasteiger charge is 2.59. The predicted molar refractivity (Wildman–Crippen MR) is 106 cm³/mol. The van der Waals surface area contributed by atoms with E-state index in [0.717, 1.165) is 38.0 Å². The first-order chi connectivity index (χ1) is 12.8. The number of carbonyl (C=O) groups is 2. The first-order valence-corrected chi connectivity index (χ1v) is 11.1. The molecule has 0 aromatic rings. The quantitative estimate of drug-likeness (QED) is 0.687. The summed E-state index contributed by atoms with van der Waals surface area (Å²) in [6.45, 7) is 9.11. The summed E-state index contributed by atoms with van der Waals surface area (Å²) in [5, 5.41) is 0. The molecule has 27 heavy (non-hydrogen) atoms. The summed E-state index contributed by atoms with van der Waals surface area (Å²) in [5.41, 5.74) is 1.81. The highest BCUT2D eigenvalue weighted by atomic mass is 16.5. The minimum absolute atomic E-state index is 0.118. The Labute approximate surface area is 164 Å². The molecule has 3 nitrogen and oxygen atoms in total. The van der Waals surface area contributed by atoms with Crippen LogP contribution in [0.1, 0.15) is 79.1 Å². The summed E-state index contributed by atoms with van der Waals surface area (Å²) in [6, 6.07) is 0. The van der Waals surface area contributed by atoms with Crippen LogP contribution in [0.25, 0.3) is 0 Å². The SMILES string of the molecule is CC(C)OCC(=O)[C@H]1CC[C@H]2[C@@H]3CCC4=CC(=O)CC[C@]4(C)C3CC[C@]12C. The lowest BCUT2D eigenvalue weighted by atomic mass is 9.46. The van der Waals surface area contributed by atoms with Gasteiger partial charge in [-0.1, -0.05) is 19.4 Å². The van der Waals surface area contributed by atoms with Crippen LogP contribution in [-0.2, 0) is 14.3 Å². The molecule has 6 atom stereocenters. The summed E-state index contributed by atoms with van der Waals surface area (Å²) in [4.78, 5) is 24.9. The number of Topliss-reactive ketones (excluding diaryl/α,β-unsaturated/α-hetero) is 1. The molecule has 4 rings (SSSR count). The molecule has 3 fully saturated rings. The second kappa shape index (κ2) is 6.83. The fourth-order valence-electron chi connectivity index (χ4n) is 7.44. The topological polar surface area (TPSA) is 43.4 Å². The van der Waals surface area contributed by atoms with Gasteiger partial charge in [0.15, 0.2) is 11.6 Å². The third-order valence-corrected chi connectivity index (χ3v) is 8.91. The number of ether oxygens (including phenoxy) is 1. The largest absolute Gasteiger partial charge is 0.371 e. The van der Waals surface area contributed by atoms with Crippen molar-refractivity contribution in [1.82, 2.24) is 0 Å². The standard InChI is InChI=1S/C24H36O3/c1-15(2)27-14-22(26)21-8-7-19-18-6-5-16-13-17(25)9-11-23(16,3)20(18)10-12-24(19,21)4/h13,15,18-21H,5-12,14H2,1-4H3/t18-,19-,20?,21+,23-,24-/m0/s1. The molecule has 0 saturated heterocycles. The Morgan fingerprint density at radius 3 is 2.63 bits per heavy atom. The van der Waals surface area contributed by atoms with Crippen molar-refractivity contribution < 1.29 is 14.3 Å². The lowest BCUT2D eigenvalue weighted by molar-refractivity contribution is -0.136. The van der Waals surface area contributed by atoms with Gasteiger partial charge < -0.3 is 4.74 Å². The number of hydrogen-bond donors (Lipinski definition) is 0. The van der Waals surface area contributed by atoms with E-state index in [4.69, 9.17) is 4.74 Å². The van der Waals surface area contributed by atoms with Crippen LogP contribution < -0.4 is 0 Å². The molecule has 0 aromatic carbocycles. The van der Waals surface area contributed by atoms with Gasteiger partial charge in [0.1, 0.15) is 6.61 Å². The summed E-state index contributed by atoms with van der Waals surface area (Å²) < 4.78 is 5.66. The van der Waals surface area contributed by atoms with Crippen LogP contribution in [-0.4, -0.2) is 24.3 Å². The van der Waals surface area contributed by atoms with Gasteiger partial charge >= 0.3 is 0 Å². The second-order valence-electron chi connectivity index (χ2n) is 10.5. The second-order valence-corrected chi connectivity index (χ2v) is 10.5. The average molecular weight is 373 g/mol. The normalized spacial score (nSPS) is 43.7. The minimum Gasteiger partial charge on any atom is -0.371 e. The average Bonchev–Trinajstić information content (AvgIpc) is 2.97. The maximum atomic E-state index is 12.9. The summed E-state index contributed by atoms with van der Waals surface area (Å²) in [5.74, 6) is 2.93. The molecule has 1 unspecified atom stereocenters. The third-order valence-electron chi connectivity index (χ3n) is 8.91. The minimum atomic E-state index is 0.118. The Hall–Kier alpha value is -0.960. The van der Waals surface area contributed by atoms with Crippen molar-refractivity contribution in [1.29, 1.82) is 0 Å². The Morgan fingerprint density at radius 1 is 1.11 bits per heavy atom. The van der Waals surface area contributed by atoms with Crippen LogP contribution in [0.2, 0.25) is 0 Å². The van der Waals surface area contributed by atoms with Gasteiger partial charge in [0.05, 0.1) is 6.10 Å². The number of fused-ring (bicyclic) bond motifs is 5.